The van der Waals surface area contributed by atoms with Crippen molar-refractivity contribution in [3.8, 4) is 11.5 Å². The van der Waals surface area contributed by atoms with E-state index in [-0.39, 0.29) is 11.7 Å². The highest BCUT2D eigenvalue weighted by molar-refractivity contribution is 5.94. The highest BCUT2D eigenvalue weighted by atomic mass is 19.2. The first-order chi connectivity index (χ1) is 14.6. The van der Waals surface area contributed by atoms with Gasteiger partial charge in [-0.3, -0.25) is 9.69 Å². The van der Waals surface area contributed by atoms with Crippen LogP contribution in [-0.4, -0.2) is 55.0 Å². The zero-order valence-electron chi connectivity index (χ0n) is 17.2. The predicted octanol–water partition coefficient (Wildman–Crippen LogP) is 3.79. The van der Waals surface area contributed by atoms with E-state index in [1.807, 2.05) is 4.90 Å². The number of amides is 1. The van der Waals surface area contributed by atoms with Gasteiger partial charge in [-0.2, -0.15) is 4.39 Å². The summed E-state index contributed by atoms with van der Waals surface area (Å²) in [4.78, 5) is 17.5. The lowest BCUT2D eigenvalue weighted by molar-refractivity contribution is 0.0761. The maximum Gasteiger partial charge on any atom is 0.253 e. The average Bonchev–Trinajstić information content (AvgIpc) is 3.58. The van der Waals surface area contributed by atoms with Gasteiger partial charge in [0.1, 0.15) is 5.75 Å². The number of carbonyl (C=O) groups is 1. The van der Waals surface area contributed by atoms with E-state index < -0.39 is 11.6 Å². The molecule has 2 aromatic carbocycles. The average molecular weight is 415 g/mol. The molecule has 2 aromatic rings. The van der Waals surface area contributed by atoms with Crippen molar-refractivity contribution >= 4 is 5.91 Å². The molecule has 0 aromatic heterocycles. The number of ether oxygens (including phenoxy) is 1. The van der Waals surface area contributed by atoms with E-state index >= 15 is 0 Å². The Balaban J connectivity index is 1.51. The SMILES string of the molecule is CNCc1cc(C(=O)N2CCCN(C3CC3)CC2)ccc1Oc1cccc(F)c1F. The molecule has 30 heavy (non-hydrogen) atoms. The largest absolute Gasteiger partial charge is 0.454 e. The molecule has 0 unspecified atom stereocenters. The van der Waals surface area contributed by atoms with Crippen LogP contribution in [0, 0.1) is 11.6 Å². The molecule has 1 saturated carbocycles. The van der Waals surface area contributed by atoms with Gasteiger partial charge in [0.2, 0.25) is 5.82 Å². The van der Waals surface area contributed by atoms with Crippen LogP contribution in [0.25, 0.3) is 0 Å². The molecule has 1 aliphatic heterocycles. The number of hydrogen-bond donors (Lipinski definition) is 1. The maximum atomic E-state index is 14.0. The van der Waals surface area contributed by atoms with E-state index in [0.29, 0.717) is 29.5 Å². The van der Waals surface area contributed by atoms with Crippen LogP contribution in [0.2, 0.25) is 0 Å². The van der Waals surface area contributed by atoms with E-state index in [4.69, 9.17) is 4.74 Å². The minimum Gasteiger partial charge on any atom is -0.454 e. The molecule has 1 heterocycles. The van der Waals surface area contributed by atoms with Crippen molar-refractivity contribution < 1.29 is 18.3 Å². The fraction of sp³-hybridized carbons (Fsp3) is 0.435. The summed E-state index contributed by atoms with van der Waals surface area (Å²) < 4.78 is 33.1. The molecule has 1 aliphatic carbocycles. The Bertz CT molecular complexity index is 917. The lowest BCUT2D eigenvalue weighted by atomic mass is 10.1. The second kappa shape index (κ2) is 9.10. The second-order valence-electron chi connectivity index (χ2n) is 7.92. The van der Waals surface area contributed by atoms with E-state index in [2.05, 4.69) is 10.2 Å². The predicted molar refractivity (Wildman–Crippen MR) is 111 cm³/mol. The Morgan fingerprint density at radius 3 is 2.70 bits per heavy atom. The third-order valence-electron chi connectivity index (χ3n) is 5.69. The van der Waals surface area contributed by atoms with Gasteiger partial charge in [0, 0.05) is 49.9 Å². The van der Waals surface area contributed by atoms with E-state index in [1.165, 1.54) is 25.0 Å². The molecule has 5 nitrogen and oxygen atoms in total. The minimum atomic E-state index is -1.03. The lowest BCUT2D eigenvalue weighted by Gasteiger charge is -2.22. The first kappa shape index (κ1) is 20.8. The minimum absolute atomic E-state index is 0.00603. The Morgan fingerprint density at radius 2 is 1.93 bits per heavy atom. The van der Waals surface area contributed by atoms with Crippen molar-refractivity contribution in [3.05, 3.63) is 59.2 Å². The molecular weight excluding hydrogens is 388 g/mol. The van der Waals surface area contributed by atoms with Crippen LogP contribution in [0.15, 0.2) is 36.4 Å². The summed E-state index contributed by atoms with van der Waals surface area (Å²) in [6.45, 7) is 3.87. The summed E-state index contributed by atoms with van der Waals surface area (Å²) in [6, 6.07) is 9.65. The van der Waals surface area contributed by atoms with Gasteiger partial charge < -0.3 is 15.0 Å². The molecule has 1 N–H and O–H groups in total. The number of carbonyl (C=O) groups excluding carboxylic acids is 1. The summed E-state index contributed by atoms with van der Waals surface area (Å²) in [5.74, 6) is -1.79. The number of hydrogen-bond acceptors (Lipinski definition) is 4. The van der Waals surface area contributed by atoms with Crippen LogP contribution in [0.1, 0.15) is 35.2 Å². The molecule has 4 rings (SSSR count). The topological polar surface area (TPSA) is 44.8 Å². The third-order valence-corrected chi connectivity index (χ3v) is 5.69. The van der Waals surface area contributed by atoms with Gasteiger partial charge in [-0.25, -0.2) is 4.39 Å². The number of nitrogens with zero attached hydrogens (tertiary/aromatic N) is 2. The fourth-order valence-electron chi connectivity index (χ4n) is 3.95. The molecule has 1 amide bonds. The highest BCUT2D eigenvalue weighted by Gasteiger charge is 2.31. The summed E-state index contributed by atoms with van der Waals surface area (Å²) in [6.07, 6.45) is 3.52. The van der Waals surface area contributed by atoms with E-state index in [1.54, 1.807) is 25.2 Å². The monoisotopic (exact) mass is 415 g/mol. The molecule has 0 atom stereocenters. The summed E-state index contributed by atoms with van der Waals surface area (Å²) in [5.41, 5.74) is 1.29. The van der Waals surface area contributed by atoms with Crippen LogP contribution in [-0.2, 0) is 6.54 Å². The molecule has 0 radical (unpaired) electrons. The summed E-state index contributed by atoms with van der Waals surface area (Å²) in [5, 5.41) is 3.04. The molecule has 0 spiro atoms. The number of rotatable bonds is 6. The van der Waals surface area contributed by atoms with Crippen LogP contribution < -0.4 is 10.1 Å². The van der Waals surface area contributed by atoms with Crippen LogP contribution in [0.5, 0.6) is 11.5 Å². The standard InChI is InChI=1S/C23H27F2N3O2/c1-26-15-17-14-16(6-9-20(17)30-21-5-2-4-19(24)22(21)25)23(29)28-11-3-10-27(12-13-28)18-7-8-18/h2,4-6,9,14,18,26H,3,7-8,10-13,15H2,1H3. The van der Waals surface area contributed by atoms with Crippen molar-refractivity contribution in [2.75, 3.05) is 33.2 Å². The number of nitrogens with one attached hydrogen (secondary N) is 1. The van der Waals surface area contributed by atoms with Gasteiger partial charge in [0.05, 0.1) is 0 Å². The van der Waals surface area contributed by atoms with Crippen molar-refractivity contribution in [2.45, 2.75) is 31.8 Å². The fourth-order valence-corrected chi connectivity index (χ4v) is 3.95. The number of benzene rings is 2. The van der Waals surface area contributed by atoms with Gasteiger partial charge in [0.15, 0.2) is 11.6 Å². The maximum absolute atomic E-state index is 14.0. The van der Waals surface area contributed by atoms with Crippen LogP contribution >= 0.6 is 0 Å². The molecular formula is C23H27F2N3O2. The van der Waals surface area contributed by atoms with Crippen molar-refractivity contribution in [2.24, 2.45) is 0 Å². The Kier molecular flexibility index (Phi) is 6.29. The van der Waals surface area contributed by atoms with Crippen molar-refractivity contribution in [1.29, 1.82) is 0 Å². The van der Waals surface area contributed by atoms with Crippen LogP contribution in [0.4, 0.5) is 8.78 Å². The molecule has 1 saturated heterocycles. The summed E-state index contributed by atoms with van der Waals surface area (Å²) in [7, 11) is 1.78. The van der Waals surface area contributed by atoms with Crippen molar-refractivity contribution in [1.82, 2.24) is 15.1 Å². The smallest absolute Gasteiger partial charge is 0.253 e. The molecule has 0 bridgehead atoms. The first-order valence-corrected chi connectivity index (χ1v) is 10.5. The van der Waals surface area contributed by atoms with Gasteiger partial charge in [-0.15, -0.1) is 0 Å². The van der Waals surface area contributed by atoms with Gasteiger partial charge in [-0.05, 0) is 56.6 Å². The summed E-state index contributed by atoms with van der Waals surface area (Å²) >= 11 is 0. The van der Waals surface area contributed by atoms with E-state index in [0.717, 1.165) is 38.7 Å². The van der Waals surface area contributed by atoms with Gasteiger partial charge in [0.25, 0.3) is 5.91 Å². The lowest BCUT2D eigenvalue weighted by Crippen LogP contribution is -2.35. The molecule has 2 fully saturated rings. The number of halogens is 2. The second-order valence-corrected chi connectivity index (χ2v) is 7.92. The molecule has 160 valence electrons. The van der Waals surface area contributed by atoms with Gasteiger partial charge in [-0.1, -0.05) is 6.07 Å². The molecule has 7 heteroatoms. The Hall–Kier alpha value is -2.51. The Labute approximate surface area is 175 Å². The normalized spacial score (nSPS) is 17.6. The molecule has 2 aliphatic rings. The first-order valence-electron chi connectivity index (χ1n) is 10.5. The van der Waals surface area contributed by atoms with E-state index in [9.17, 15) is 13.6 Å². The highest BCUT2D eigenvalue weighted by Crippen LogP contribution is 2.30. The zero-order chi connectivity index (χ0) is 21.1. The van der Waals surface area contributed by atoms with Gasteiger partial charge >= 0.3 is 0 Å². The zero-order valence-corrected chi connectivity index (χ0v) is 17.2. The quantitative estimate of drug-likeness (QED) is 0.780. The third kappa shape index (κ3) is 4.63. The van der Waals surface area contributed by atoms with Crippen molar-refractivity contribution in [3.63, 3.8) is 0 Å². The van der Waals surface area contributed by atoms with Crippen LogP contribution in [0.3, 0.4) is 0 Å². The Morgan fingerprint density at radius 1 is 1.10 bits per heavy atom.